The van der Waals surface area contributed by atoms with Gasteiger partial charge in [-0.05, 0) is 45.4 Å². The summed E-state index contributed by atoms with van der Waals surface area (Å²) < 4.78 is 0. The van der Waals surface area contributed by atoms with Gasteiger partial charge in [0.2, 0.25) is 0 Å². The highest BCUT2D eigenvalue weighted by molar-refractivity contribution is 7.18. The average molecular weight is 397 g/mol. The van der Waals surface area contributed by atoms with Crippen molar-refractivity contribution in [3.63, 3.8) is 0 Å². The number of hydrogen-bond donors (Lipinski definition) is 2. The zero-order valence-corrected chi connectivity index (χ0v) is 17.2. The second-order valence-electron chi connectivity index (χ2n) is 6.61. The highest BCUT2D eigenvalue weighted by Crippen LogP contribution is 2.28. The minimum absolute atomic E-state index is 0.0697. The highest BCUT2D eigenvalue weighted by Gasteiger charge is 2.15. The van der Waals surface area contributed by atoms with Crippen molar-refractivity contribution in [3.05, 3.63) is 61.3 Å². The SMILES string of the molecule is Cc1nc(-c2ccc(N[C@@H](C)c3nc4sc(C)c(C)c4c(=O)[nH]3)cc2)cs1. The van der Waals surface area contributed by atoms with Crippen molar-refractivity contribution < 1.29 is 0 Å². The number of anilines is 1. The van der Waals surface area contributed by atoms with E-state index in [-0.39, 0.29) is 11.6 Å². The van der Waals surface area contributed by atoms with Gasteiger partial charge in [0.15, 0.2) is 0 Å². The molecule has 0 spiro atoms. The molecule has 1 atom stereocenters. The molecular weight excluding hydrogens is 376 g/mol. The van der Waals surface area contributed by atoms with Gasteiger partial charge in [0.25, 0.3) is 5.56 Å². The van der Waals surface area contributed by atoms with Crippen molar-refractivity contribution in [2.45, 2.75) is 33.7 Å². The Morgan fingerprint density at radius 3 is 2.52 bits per heavy atom. The first-order valence-corrected chi connectivity index (χ1v) is 10.4. The van der Waals surface area contributed by atoms with Crippen LogP contribution in [-0.2, 0) is 0 Å². The Balaban J connectivity index is 1.58. The second kappa shape index (κ2) is 6.90. The molecule has 0 unspecified atom stereocenters. The summed E-state index contributed by atoms with van der Waals surface area (Å²) in [5, 5.41) is 7.24. The first-order chi connectivity index (χ1) is 12.9. The minimum atomic E-state index is -0.114. The number of thiophene rings is 1. The van der Waals surface area contributed by atoms with Crippen molar-refractivity contribution >= 4 is 38.6 Å². The van der Waals surface area contributed by atoms with Gasteiger partial charge < -0.3 is 10.3 Å². The van der Waals surface area contributed by atoms with Gasteiger partial charge in [0.1, 0.15) is 10.7 Å². The van der Waals surface area contributed by atoms with Crippen LogP contribution in [0.1, 0.15) is 34.2 Å². The average Bonchev–Trinajstić information content (AvgIpc) is 3.19. The number of rotatable bonds is 4. The molecular formula is C20H20N4OS2. The molecule has 7 heteroatoms. The standard InChI is InChI=1S/C20H20N4OS2/c1-10-12(3)27-20-17(10)19(25)23-18(24-20)11(2)21-15-7-5-14(6-8-15)16-9-26-13(4)22-16/h5-9,11,21H,1-4H3,(H,23,24,25)/t11-/m0/s1. The topological polar surface area (TPSA) is 70.7 Å². The maximum Gasteiger partial charge on any atom is 0.259 e. The summed E-state index contributed by atoms with van der Waals surface area (Å²) in [4.78, 5) is 26.5. The fourth-order valence-corrected chi connectivity index (χ4v) is 4.69. The first-order valence-electron chi connectivity index (χ1n) is 8.71. The molecule has 138 valence electrons. The summed E-state index contributed by atoms with van der Waals surface area (Å²) in [6, 6.07) is 8.04. The molecule has 5 nitrogen and oxygen atoms in total. The van der Waals surface area contributed by atoms with E-state index in [9.17, 15) is 4.79 Å². The molecule has 0 aliphatic heterocycles. The van der Waals surface area contributed by atoms with E-state index in [1.807, 2.05) is 39.8 Å². The summed E-state index contributed by atoms with van der Waals surface area (Å²) >= 11 is 3.22. The van der Waals surface area contributed by atoms with Gasteiger partial charge in [-0.1, -0.05) is 12.1 Å². The molecule has 0 aliphatic rings. The van der Waals surface area contributed by atoms with Crippen molar-refractivity contribution in [2.24, 2.45) is 0 Å². The van der Waals surface area contributed by atoms with Crippen molar-refractivity contribution in [1.29, 1.82) is 0 Å². The number of aromatic nitrogens is 3. The van der Waals surface area contributed by atoms with Crippen LogP contribution in [0.4, 0.5) is 5.69 Å². The minimum Gasteiger partial charge on any atom is -0.375 e. The van der Waals surface area contributed by atoms with E-state index in [2.05, 4.69) is 37.8 Å². The van der Waals surface area contributed by atoms with Gasteiger partial charge in [-0.3, -0.25) is 4.79 Å². The number of aryl methyl sites for hydroxylation is 3. The number of hydrogen-bond acceptors (Lipinski definition) is 6. The van der Waals surface area contributed by atoms with Gasteiger partial charge in [0, 0.05) is 21.5 Å². The largest absolute Gasteiger partial charge is 0.375 e. The van der Waals surface area contributed by atoms with E-state index in [0.717, 1.165) is 37.2 Å². The van der Waals surface area contributed by atoms with Gasteiger partial charge in [-0.15, -0.1) is 22.7 Å². The lowest BCUT2D eigenvalue weighted by molar-refractivity contribution is 0.792. The van der Waals surface area contributed by atoms with E-state index in [1.165, 1.54) is 0 Å². The van der Waals surface area contributed by atoms with Gasteiger partial charge in [0.05, 0.1) is 22.1 Å². The summed E-state index contributed by atoms with van der Waals surface area (Å²) in [5.74, 6) is 0.646. The number of benzene rings is 1. The molecule has 4 aromatic rings. The number of aromatic amines is 1. The lowest BCUT2D eigenvalue weighted by atomic mass is 10.1. The van der Waals surface area contributed by atoms with Crippen LogP contribution in [0.2, 0.25) is 0 Å². The van der Waals surface area contributed by atoms with Crippen LogP contribution in [0.15, 0.2) is 34.4 Å². The van der Waals surface area contributed by atoms with Crippen molar-refractivity contribution in [3.8, 4) is 11.3 Å². The van der Waals surface area contributed by atoms with Crippen LogP contribution in [0.25, 0.3) is 21.5 Å². The van der Waals surface area contributed by atoms with E-state index < -0.39 is 0 Å². The van der Waals surface area contributed by atoms with Crippen LogP contribution < -0.4 is 10.9 Å². The number of H-pyrrole nitrogens is 1. The Hall–Kier alpha value is -2.51. The normalized spacial score (nSPS) is 12.4. The number of nitrogens with one attached hydrogen (secondary N) is 2. The molecule has 3 aromatic heterocycles. The fourth-order valence-electron chi connectivity index (χ4n) is 3.03. The summed E-state index contributed by atoms with van der Waals surface area (Å²) in [6.07, 6.45) is 0. The predicted molar refractivity (Wildman–Crippen MR) is 114 cm³/mol. The van der Waals surface area contributed by atoms with E-state index in [0.29, 0.717) is 11.2 Å². The lowest BCUT2D eigenvalue weighted by Crippen LogP contribution is -2.17. The Morgan fingerprint density at radius 2 is 1.85 bits per heavy atom. The van der Waals surface area contributed by atoms with Gasteiger partial charge in [-0.2, -0.15) is 0 Å². The van der Waals surface area contributed by atoms with Crippen LogP contribution in [0.5, 0.6) is 0 Å². The molecule has 0 bridgehead atoms. The molecule has 0 fully saturated rings. The van der Waals surface area contributed by atoms with Crippen molar-refractivity contribution in [2.75, 3.05) is 5.32 Å². The Morgan fingerprint density at radius 1 is 1.11 bits per heavy atom. The van der Waals surface area contributed by atoms with Crippen molar-refractivity contribution in [1.82, 2.24) is 15.0 Å². The fraction of sp³-hybridized carbons (Fsp3) is 0.250. The number of nitrogens with zero attached hydrogens (tertiary/aromatic N) is 2. The summed E-state index contributed by atoms with van der Waals surface area (Å²) in [6.45, 7) is 7.99. The predicted octanol–water partition coefficient (Wildman–Crippen LogP) is 5.21. The molecule has 0 amide bonds. The summed E-state index contributed by atoms with van der Waals surface area (Å²) in [5.41, 5.74) is 4.01. The monoisotopic (exact) mass is 396 g/mol. The Labute approximate surface area is 165 Å². The van der Waals surface area contributed by atoms with Gasteiger partial charge >= 0.3 is 0 Å². The molecule has 0 radical (unpaired) electrons. The maximum absolute atomic E-state index is 12.5. The van der Waals surface area contributed by atoms with Crippen LogP contribution in [0.3, 0.4) is 0 Å². The number of fused-ring (bicyclic) bond motifs is 1. The molecule has 3 heterocycles. The molecule has 27 heavy (non-hydrogen) atoms. The number of thiazole rings is 1. The molecule has 0 saturated carbocycles. The maximum atomic E-state index is 12.5. The zero-order valence-electron chi connectivity index (χ0n) is 15.6. The van der Waals surface area contributed by atoms with E-state index >= 15 is 0 Å². The zero-order chi connectivity index (χ0) is 19.1. The summed E-state index contributed by atoms with van der Waals surface area (Å²) in [7, 11) is 0. The third-order valence-electron chi connectivity index (χ3n) is 4.65. The first kappa shape index (κ1) is 17.9. The third kappa shape index (κ3) is 3.40. The third-order valence-corrected chi connectivity index (χ3v) is 6.53. The van der Waals surface area contributed by atoms with Gasteiger partial charge in [-0.25, -0.2) is 9.97 Å². The Kier molecular flexibility index (Phi) is 4.57. The Bertz CT molecular complexity index is 1170. The smallest absolute Gasteiger partial charge is 0.259 e. The molecule has 0 aliphatic carbocycles. The quantitative estimate of drug-likeness (QED) is 0.497. The van der Waals surface area contributed by atoms with Crippen LogP contribution >= 0.6 is 22.7 Å². The van der Waals surface area contributed by atoms with Crippen LogP contribution in [0, 0.1) is 20.8 Å². The molecule has 4 rings (SSSR count). The lowest BCUT2D eigenvalue weighted by Gasteiger charge is -2.14. The van der Waals surface area contributed by atoms with E-state index in [1.54, 1.807) is 22.7 Å². The molecule has 0 saturated heterocycles. The van der Waals surface area contributed by atoms with E-state index in [4.69, 9.17) is 0 Å². The molecule has 2 N–H and O–H groups in total. The van der Waals surface area contributed by atoms with Crippen LogP contribution in [-0.4, -0.2) is 15.0 Å². The molecule has 1 aromatic carbocycles. The second-order valence-corrected chi connectivity index (χ2v) is 8.88. The highest BCUT2D eigenvalue weighted by atomic mass is 32.1.